The number of nitriles is 1. The Bertz CT molecular complexity index is 1000. The fraction of sp³-hybridized carbons (Fsp3) is 0.481. The van der Waals surface area contributed by atoms with Gasteiger partial charge in [0, 0.05) is 28.3 Å². The van der Waals surface area contributed by atoms with Crippen molar-refractivity contribution in [2.75, 3.05) is 31.5 Å². The molecule has 34 heavy (non-hydrogen) atoms. The first kappa shape index (κ1) is 24.9. The van der Waals surface area contributed by atoms with Gasteiger partial charge >= 0.3 is 6.03 Å². The topological polar surface area (TPSA) is 59.4 Å². The first-order valence-corrected chi connectivity index (χ1v) is 13.0. The average Bonchev–Trinajstić information content (AvgIpc) is 3.35. The van der Waals surface area contributed by atoms with Crippen LogP contribution in [-0.2, 0) is 0 Å². The highest BCUT2D eigenvalue weighted by atomic mass is 35.5. The summed E-state index contributed by atoms with van der Waals surface area (Å²) in [5, 5.41) is 13.3. The number of hydrogen-bond donors (Lipinski definition) is 1. The van der Waals surface area contributed by atoms with Crippen LogP contribution in [0.25, 0.3) is 0 Å². The van der Waals surface area contributed by atoms with Crippen molar-refractivity contribution in [1.29, 1.82) is 5.26 Å². The first-order chi connectivity index (χ1) is 16.5. The number of urea groups is 1. The Kier molecular flexibility index (Phi) is 8.72. The monoisotopic (exact) mass is 498 g/mol. The minimum absolute atomic E-state index is 0.0883. The van der Waals surface area contributed by atoms with Crippen LogP contribution in [0.5, 0.6) is 0 Å². The fourth-order valence-electron chi connectivity index (χ4n) is 5.33. The van der Waals surface area contributed by atoms with Gasteiger partial charge in [-0.1, -0.05) is 35.3 Å². The number of halogens is 2. The van der Waals surface area contributed by atoms with Gasteiger partial charge in [0.25, 0.3) is 0 Å². The molecule has 1 N–H and O–H groups in total. The van der Waals surface area contributed by atoms with Crippen molar-refractivity contribution in [3.05, 3.63) is 63.6 Å². The SMILES string of the molecule is N#Cc1cccc(C2CCC(N(CCCN3CCCC3)C(=O)Nc3cc(Cl)cc(Cl)c3)CC2)c1. The molecule has 0 spiro atoms. The Labute approximate surface area is 212 Å². The van der Waals surface area contributed by atoms with Crippen LogP contribution in [0.2, 0.25) is 10.0 Å². The molecule has 180 valence electrons. The molecule has 2 amide bonds. The Morgan fingerprint density at radius 2 is 1.76 bits per heavy atom. The summed E-state index contributed by atoms with van der Waals surface area (Å²) in [6, 6.07) is 15.4. The molecule has 2 aromatic rings. The largest absolute Gasteiger partial charge is 0.322 e. The maximum atomic E-state index is 13.4. The molecule has 2 fully saturated rings. The van der Waals surface area contributed by atoms with E-state index >= 15 is 0 Å². The van der Waals surface area contributed by atoms with E-state index in [1.54, 1.807) is 18.2 Å². The van der Waals surface area contributed by atoms with Crippen LogP contribution in [0.3, 0.4) is 0 Å². The predicted octanol–water partition coefficient (Wildman–Crippen LogP) is 6.91. The van der Waals surface area contributed by atoms with Crippen LogP contribution in [0, 0.1) is 11.3 Å². The van der Waals surface area contributed by atoms with Crippen molar-refractivity contribution >= 4 is 34.9 Å². The first-order valence-electron chi connectivity index (χ1n) is 12.3. The zero-order valence-corrected chi connectivity index (χ0v) is 21.0. The molecule has 0 atom stereocenters. The quantitative estimate of drug-likeness (QED) is 0.450. The number of rotatable bonds is 7. The standard InChI is InChI=1S/C27H32Cl2N4O/c28-23-16-24(29)18-25(17-23)31-27(34)33(14-4-13-32-11-1-2-12-32)26-9-7-21(8-10-26)22-6-3-5-20(15-22)19-30/h3,5-6,15-18,21,26H,1-2,4,7-14H2,(H,31,34). The Morgan fingerprint density at radius 1 is 1.06 bits per heavy atom. The van der Waals surface area contributed by atoms with Crippen LogP contribution >= 0.6 is 23.2 Å². The number of hydrogen-bond acceptors (Lipinski definition) is 3. The van der Waals surface area contributed by atoms with E-state index in [0.717, 1.165) is 45.2 Å². The second kappa shape index (κ2) is 11.9. The number of amides is 2. The van der Waals surface area contributed by atoms with E-state index in [-0.39, 0.29) is 12.1 Å². The van der Waals surface area contributed by atoms with Crippen molar-refractivity contribution in [2.45, 2.75) is 56.9 Å². The molecule has 1 saturated carbocycles. The van der Waals surface area contributed by atoms with Crippen molar-refractivity contribution in [3.63, 3.8) is 0 Å². The van der Waals surface area contributed by atoms with Gasteiger partial charge in [-0.25, -0.2) is 4.79 Å². The van der Waals surface area contributed by atoms with E-state index in [9.17, 15) is 10.1 Å². The van der Waals surface area contributed by atoms with Crippen molar-refractivity contribution < 1.29 is 4.79 Å². The van der Waals surface area contributed by atoms with Gasteiger partial charge < -0.3 is 15.1 Å². The van der Waals surface area contributed by atoms with Crippen molar-refractivity contribution in [3.8, 4) is 6.07 Å². The van der Waals surface area contributed by atoms with Gasteiger partial charge in [-0.2, -0.15) is 5.26 Å². The lowest BCUT2D eigenvalue weighted by Crippen LogP contribution is -2.45. The summed E-state index contributed by atoms with van der Waals surface area (Å²) in [6.07, 6.45) is 7.45. The number of anilines is 1. The zero-order chi connectivity index (χ0) is 23.9. The number of carbonyl (C=O) groups is 1. The molecule has 1 heterocycles. The number of likely N-dealkylation sites (tertiary alicyclic amines) is 1. The van der Waals surface area contributed by atoms with Crippen LogP contribution in [-0.4, -0.2) is 48.1 Å². The normalized spacial score (nSPS) is 20.6. The molecular formula is C27H32Cl2N4O. The van der Waals surface area contributed by atoms with E-state index in [2.05, 4.69) is 22.4 Å². The van der Waals surface area contributed by atoms with Gasteiger partial charge in [0.05, 0.1) is 11.6 Å². The van der Waals surface area contributed by atoms with Gasteiger partial charge in [0.2, 0.25) is 0 Å². The Morgan fingerprint density at radius 3 is 2.44 bits per heavy atom. The van der Waals surface area contributed by atoms with Gasteiger partial charge in [-0.05, 0) is 106 Å². The molecule has 4 rings (SSSR count). The minimum atomic E-state index is -0.0883. The predicted molar refractivity (Wildman–Crippen MR) is 139 cm³/mol. The molecule has 0 aromatic heterocycles. The third-order valence-corrected chi connectivity index (χ3v) is 7.51. The van der Waals surface area contributed by atoms with E-state index in [0.29, 0.717) is 27.2 Å². The van der Waals surface area contributed by atoms with Crippen LogP contribution < -0.4 is 5.32 Å². The molecule has 0 unspecified atom stereocenters. The van der Waals surface area contributed by atoms with Gasteiger partial charge in [-0.15, -0.1) is 0 Å². The second-order valence-electron chi connectivity index (χ2n) is 9.43. The fourth-order valence-corrected chi connectivity index (χ4v) is 5.85. The molecule has 0 radical (unpaired) electrons. The summed E-state index contributed by atoms with van der Waals surface area (Å²) in [6.45, 7) is 4.10. The van der Waals surface area contributed by atoms with Gasteiger partial charge in [0.1, 0.15) is 0 Å². The molecule has 2 aliphatic rings. The van der Waals surface area contributed by atoms with E-state index in [1.165, 1.54) is 31.5 Å². The number of carbonyl (C=O) groups excluding carboxylic acids is 1. The Balaban J connectivity index is 1.41. The summed E-state index contributed by atoms with van der Waals surface area (Å²) in [4.78, 5) is 17.9. The summed E-state index contributed by atoms with van der Waals surface area (Å²) in [7, 11) is 0. The lowest BCUT2D eigenvalue weighted by Gasteiger charge is -2.37. The van der Waals surface area contributed by atoms with Crippen molar-refractivity contribution in [2.24, 2.45) is 0 Å². The summed E-state index contributed by atoms with van der Waals surface area (Å²) in [5.74, 6) is 0.436. The molecule has 1 saturated heterocycles. The lowest BCUT2D eigenvalue weighted by molar-refractivity contribution is 0.157. The molecule has 1 aliphatic heterocycles. The van der Waals surface area contributed by atoms with Gasteiger partial charge in [0.15, 0.2) is 0 Å². The third kappa shape index (κ3) is 6.66. The third-order valence-electron chi connectivity index (χ3n) is 7.07. The molecule has 0 bridgehead atoms. The molecule has 2 aromatic carbocycles. The molecule has 7 heteroatoms. The number of nitrogens with one attached hydrogen (secondary N) is 1. The van der Waals surface area contributed by atoms with Crippen LogP contribution in [0.15, 0.2) is 42.5 Å². The highest BCUT2D eigenvalue weighted by Crippen LogP contribution is 2.35. The average molecular weight is 499 g/mol. The number of benzene rings is 2. The summed E-state index contributed by atoms with van der Waals surface area (Å²) < 4.78 is 0. The summed E-state index contributed by atoms with van der Waals surface area (Å²) in [5.41, 5.74) is 2.56. The molecule has 5 nitrogen and oxygen atoms in total. The Hall–Kier alpha value is -2.26. The van der Waals surface area contributed by atoms with Crippen molar-refractivity contribution in [1.82, 2.24) is 9.80 Å². The van der Waals surface area contributed by atoms with E-state index in [1.807, 2.05) is 23.1 Å². The van der Waals surface area contributed by atoms with E-state index < -0.39 is 0 Å². The zero-order valence-electron chi connectivity index (χ0n) is 19.5. The highest BCUT2D eigenvalue weighted by Gasteiger charge is 2.30. The summed E-state index contributed by atoms with van der Waals surface area (Å²) >= 11 is 12.3. The lowest BCUT2D eigenvalue weighted by atomic mass is 9.81. The smallest absolute Gasteiger partial charge is 0.322 e. The molecule has 1 aliphatic carbocycles. The van der Waals surface area contributed by atoms with Crippen LogP contribution in [0.1, 0.15) is 62.0 Å². The minimum Gasteiger partial charge on any atom is -0.322 e. The highest BCUT2D eigenvalue weighted by molar-refractivity contribution is 6.35. The van der Waals surface area contributed by atoms with Gasteiger partial charge in [-0.3, -0.25) is 0 Å². The maximum absolute atomic E-state index is 13.4. The maximum Gasteiger partial charge on any atom is 0.322 e. The number of nitrogens with zero attached hydrogens (tertiary/aromatic N) is 3. The van der Waals surface area contributed by atoms with Crippen LogP contribution in [0.4, 0.5) is 10.5 Å². The van der Waals surface area contributed by atoms with E-state index in [4.69, 9.17) is 23.2 Å². The second-order valence-corrected chi connectivity index (χ2v) is 10.3. The molecular weight excluding hydrogens is 467 g/mol.